The smallest absolute Gasteiger partial charge is 0.293 e. The van der Waals surface area contributed by atoms with E-state index in [1.165, 1.54) is 6.08 Å². The molecule has 0 unspecified atom stereocenters. The lowest BCUT2D eigenvalue weighted by molar-refractivity contribution is -0.122. The van der Waals surface area contributed by atoms with Crippen molar-refractivity contribution in [2.75, 3.05) is 6.54 Å². The maximum absolute atomic E-state index is 12.7. The van der Waals surface area contributed by atoms with Crippen LogP contribution in [0.2, 0.25) is 0 Å². The molecule has 150 valence electrons. The molecule has 1 aliphatic heterocycles. The highest BCUT2D eigenvalue weighted by Gasteiger charge is 2.36. The van der Waals surface area contributed by atoms with Crippen molar-refractivity contribution in [3.8, 4) is 11.3 Å². The minimum absolute atomic E-state index is 0.230. The van der Waals surface area contributed by atoms with Crippen molar-refractivity contribution in [2.45, 2.75) is 6.92 Å². The van der Waals surface area contributed by atoms with Crippen LogP contribution < -0.4 is 0 Å². The Labute approximate surface area is 185 Å². The number of carbonyl (C=O) groups is 3. The molecule has 4 rings (SSSR count). The van der Waals surface area contributed by atoms with Gasteiger partial charge in [0.2, 0.25) is 0 Å². The van der Waals surface area contributed by atoms with Crippen LogP contribution in [0.15, 0.2) is 74.5 Å². The van der Waals surface area contributed by atoms with Crippen molar-refractivity contribution in [1.29, 1.82) is 0 Å². The third kappa shape index (κ3) is 4.17. The number of hydrogen-bond donors (Lipinski definition) is 0. The molecule has 0 saturated carbocycles. The van der Waals surface area contributed by atoms with Crippen LogP contribution >= 0.6 is 27.7 Å². The highest BCUT2D eigenvalue weighted by Crippen LogP contribution is 2.34. The van der Waals surface area contributed by atoms with Crippen molar-refractivity contribution < 1.29 is 18.8 Å². The maximum Gasteiger partial charge on any atom is 0.293 e. The van der Waals surface area contributed by atoms with Crippen LogP contribution in [-0.2, 0) is 4.79 Å². The van der Waals surface area contributed by atoms with Gasteiger partial charge in [0.1, 0.15) is 11.5 Å². The number of rotatable bonds is 5. The standard InChI is InChI=1S/C23H16BrNO4S/c1-14-11-16(7-9-18(14)24)20-10-8-17(29-20)12-21-22(27)25(23(28)30-21)13-19(26)15-5-3-2-4-6-15/h2-12H,13H2,1H3/b21-12-. The molecule has 2 amide bonds. The van der Waals surface area contributed by atoms with Crippen molar-refractivity contribution >= 4 is 50.7 Å². The van der Waals surface area contributed by atoms with Crippen molar-refractivity contribution in [2.24, 2.45) is 0 Å². The molecule has 3 aromatic rings. The molecule has 1 fully saturated rings. The number of Topliss-reactive ketones (excluding diaryl/α,β-unsaturated/α-hetero) is 1. The number of amides is 2. The second-order valence-corrected chi connectivity index (χ2v) is 8.57. The van der Waals surface area contributed by atoms with Gasteiger partial charge < -0.3 is 4.42 Å². The van der Waals surface area contributed by atoms with Crippen LogP contribution in [0.3, 0.4) is 0 Å². The fraction of sp³-hybridized carbons (Fsp3) is 0.0870. The predicted octanol–water partition coefficient (Wildman–Crippen LogP) is 5.94. The molecule has 1 aliphatic rings. The van der Waals surface area contributed by atoms with Gasteiger partial charge in [-0.3, -0.25) is 19.3 Å². The first-order valence-corrected chi connectivity index (χ1v) is 10.7. The summed E-state index contributed by atoms with van der Waals surface area (Å²) >= 11 is 4.28. The Balaban J connectivity index is 1.52. The Kier molecular flexibility index (Phi) is 5.74. The van der Waals surface area contributed by atoms with Gasteiger partial charge in [-0.25, -0.2) is 0 Å². The molecule has 0 atom stereocenters. The predicted molar refractivity (Wildman–Crippen MR) is 120 cm³/mol. The summed E-state index contributed by atoms with van der Waals surface area (Å²) in [6, 6.07) is 18.0. The molecular formula is C23H16BrNO4S. The first kappa shape index (κ1) is 20.4. The average Bonchev–Trinajstić information content (AvgIpc) is 3.31. The molecule has 0 aliphatic carbocycles. The number of ketones is 1. The highest BCUT2D eigenvalue weighted by atomic mass is 79.9. The molecule has 1 saturated heterocycles. The van der Waals surface area contributed by atoms with Crippen molar-refractivity contribution in [3.05, 3.63) is 86.9 Å². The van der Waals surface area contributed by atoms with Gasteiger partial charge in [0.15, 0.2) is 5.78 Å². The number of hydrogen-bond acceptors (Lipinski definition) is 5. The topological polar surface area (TPSA) is 67.6 Å². The van der Waals surface area contributed by atoms with Crippen LogP contribution in [0.25, 0.3) is 17.4 Å². The van der Waals surface area contributed by atoms with E-state index < -0.39 is 11.1 Å². The Hall–Kier alpha value is -2.90. The number of furan rings is 1. The number of aryl methyl sites for hydroxylation is 1. The first-order valence-electron chi connectivity index (χ1n) is 9.12. The van der Waals surface area contributed by atoms with E-state index in [0.29, 0.717) is 17.1 Å². The lowest BCUT2D eigenvalue weighted by Crippen LogP contribution is -2.33. The van der Waals surface area contributed by atoms with Gasteiger partial charge in [0.05, 0.1) is 11.4 Å². The average molecular weight is 482 g/mol. The lowest BCUT2D eigenvalue weighted by Gasteiger charge is -2.11. The minimum Gasteiger partial charge on any atom is -0.457 e. The normalized spacial score (nSPS) is 15.3. The minimum atomic E-state index is -0.494. The largest absolute Gasteiger partial charge is 0.457 e. The van der Waals surface area contributed by atoms with Crippen LogP contribution in [0.1, 0.15) is 21.7 Å². The van der Waals surface area contributed by atoms with Gasteiger partial charge in [0, 0.05) is 21.7 Å². The molecule has 7 heteroatoms. The van der Waals surface area contributed by atoms with Gasteiger partial charge in [-0.05, 0) is 48.5 Å². The summed E-state index contributed by atoms with van der Waals surface area (Å²) in [5, 5.41) is -0.467. The number of nitrogens with zero attached hydrogens (tertiary/aromatic N) is 1. The molecule has 0 N–H and O–H groups in total. The summed E-state index contributed by atoms with van der Waals surface area (Å²) < 4.78 is 6.85. The van der Waals surface area contributed by atoms with E-state index in [9.17, 15) is 14.4 Å². The summed E-state index contributed by atoms with van der Waals surface area (Å²) in [4.78, 5) is 38.5. The number of benzene rings is 2. The van der Waals surface area contributed by atoms with Gasteiger partial charge >= 0.3 is 0 Å². The van der Waals surface area contributed by atoms with E-state index >= 15 is 0 Å². The van der Waals surface area contributed by atoms with E-state index in [-0.39, 0.29) is 17.2 Å². The molecule has 2 aromatic carbocycles. The monoisotopic (exact) mass is 481 g/mol. The Morgan fingerprint density at radius 2 is 1.87 bits per heavy atom. The molecule has 2 heterocycles. The molecule has 0 radical (unpaired) electrons. The number of halogens is 1. The van der Waals surface area contributed by atoms with Crippen LogP contribution in [-0.4, -0.2) is 28.4 Å². The first-order chi connectivity index (χ1) is 14.4. The van der Waals surface area contributed by atoms with Crippen molar-refractivity contribution in [1.82, 2.24) is 4.90 Å². The molecule has 1 aromatic heterocycles. The van der Waals surface area contributed by atoms with E-state index in [1.807, 2.05) is 31.2 Å². The van der Waals surface area contributed by atoms with E-state index in [0.717, 1.165) is 32.3 Å². The Morgan fingerprint density at radius 1 is 1.10 bits per heavy atom. The number of thioether (sulfide) groups is 1. The zero-order valence-corrected chi connectivity index (χ0v) is 18.3. The van der Waals surface area contributed by atoms with E-state index in [2.05, 4.69) is 15.9 Å². The fourth-order valence-corrected chi connectivity index (χ4v) is 4.07. The van der Waals surface area contributed by atoms with Crippen LogP contribution in [0.4, 0.5) is 4.79 Å². The zero-order chi connectivity index (χ0) is 21.3. The van der Waals surface area contributed by atoms with E-state index in [4.69, 9.17) is 4.42 Å². The summed E-state index contributed by atoms with van der Waals surface area (Å²) in [6.07, 6.45) is 1.53. The molecule has 5 nitrogen and oxygen atoms in total. The molecular weight excluding hydrogens is 466 g/mol. The summed E-state index contributed by atoms with van der Waals surface area (Å²) in [5.41, 5.74) is 2.45. The number of imide groups is 1. The third-order valence-corrected chi connectivity index (χ3v) is 6.41. The molecule has 0 spiro atoms. The lowest BCUT2D eigenvalue weighted by atomic mass is 10.1. The summed E-state index contributed by atoms with van der Waals surface area (Å²) in [6.45, 7) is 1.71. The Bertz CT molecular complexity index is 1180. The molecule has 0 bridgehead atoms. The van der Waals surface area contributed by atoms with E-state index in [1.54, 1.807) is 36.4 Å². The molecule has 30 heavy (non-hydrogen) atoms. The van der Waals surface area contributed by atoms with Crippen molar-refractivity contribution in [3.63, 3.8) is 0 Å². The van der Waals surface area contributed by atoms with Gasteiger partial charge in [-0.1, -0.05) is 52.3 Å². The zero-order valence-electron chi connectivity index (χ0n) is 15.9. The second-order valence-electron chi connectivity index (χ2n) is 6.72. The van der Waals surface area contributed by atoms with Gasteiger partial charge in [-0.2, -0.15) is 0 Å². The van der Waals surface area contributed by atoms with Gasteiger partial charge in [0.25, 0.3) is 11.1 Å². The SMILES string of the molecule is Cc1cc(-c2ccc(/C=C3\SC(=O)N(CC(=O)c4ccccc4)C3=O)o2)ccc1Br. The maximum atomic E-state index is 12.7. The second kappa shape index (κ2) is 8.45. The third-order valence-electron chi connectivity index (χ3n) is 4.61. The summed E-state index contributed by atoms with van der Waals surface area (Å²) in [7, 11) is 0. The number of carbonyl (C=O) groups excluding carboxylic acids is 3. The van der Waals surface area contributed by atoms with Crippen LogP contribution in [0.5, 0.6) is 0 Å². The Morgan fingerprint density at radius 3 is 2.60 bits per heavy atom. The van der Waals surface area contributed by atoms with Gasteiger partial charge in [-0.15, -0.1) is 0 Å². The highest BCUT2D eigenvalue weighted by molar-refractivity contribution is 9.10. The quantitative estimate of drug-likeness (QED) is 0.333. The van der Waals surface area contributed by atoms with Crippen LogP contribution in [0, 0.1) is 6.92 Å². The summed E-state index contributed by atoms with van der Waals surface area (Å²) in [5.74, 6) is 0.345. The fourth-order valence-electron chi connectivity index (χ4n) is 3.01.